The van der Waals surface area contributed by atoms with Crippen molar-refractivity contribution in [2.75, 3.05) is 31.9 Å². The van der Waals surface area contributed by atoms with Crippen LogP contribution in [0.5, 0.6) is 0 Å². The normalized spacial score (nSPS) is 17.0. The van der Waals surface area contributed by atoms with E-state index in [9.17, 15) is 4.79 Å². The molecule has 1 aliphatic heterocycles. The third kappa shape index (κ3) is 1.67. The minimum absolute atomic E-state index is 0.100. The third-order valence-corrected chi connectivity index (χ3v) is 2.11. The van der Waals surface area contributed by atoms with Gasteiger partial charge in [-0.25, -0.2) is 0 Å². The number of piperazine rings is 1. The minimum atomic E-state index is -0.143. The predicted molar refractivity (Wildman–Crippen MR) is 49.6 cm³/mol. The van der Waals surface area contributed by atoms with Crippen LogP contribution in [0.1, 0.15) is 10.6 Å². The summed E-state index contributed by atoms with van der Waals surface area (Å²) in [4.78, 5) is 17.2. The van der Waals surface area contributed by atoms with Gasteiger partial charge < -0.3 is 16.0 Å². The van der Waals surface area contributed by atoms with Crippen LogP contribution in [0.3, 0.4) is 0 Å². The van der Waals surface area contributed by atoms with E-state index in [0.717, 1.165) is 13.1 Å². The number of aromatic nitrogens is 3. The Morgan fingerprint density at radius 2 is 2.14 bits per heavy atom. The van der Waals surface area contributed by atoms with Crippen molar-refractivity contribution in [2.24, 2.45) is 0 Å². The van der Waals surface area contributed by atoms with Gasteiger partial charge in [-0.3, -0.25) is 9.89 Å². The highest BCUT2D eigenvalue weighted by molar-refractivity contribution is 5.90. The van der Waals surface area contributed by atoms with Gasteiger partial charge in [0.2, 0.25) is 11.8 Å². The predicted octanol–water partition coefficient (Wildman–Crippen LogP) is -1.57. The molecule has 76 valence electrons. The molecule has 0 atom stereocenters. The average molecular weight is 196 g/mol. The molecule has 1 aromatic heterocycles. The molecule has 0 radical (unpaired) electrons. The lowest BCUT2D eigenvalue weighted by Gasteiger charge is -2.26. The van der Waals surface area contributed by atoms with Gasteiger partial charge in [0.05, 0.1) is 0 Å². The maximum atomic E-state index is 11.7. The van der Waals surface area contributed by atoms with Crippen LogP contribution in [0, 0.1) is 0 Å². The summed E-state index contributed by atoms with van der Waals surface area (Å²) in [6.45, 7) is 3.02. The van der Waals surface area contributed by atoms with E-state index in [0.29, 0.717) is 13.1 Å². The van der Waals surface area contributed by atoms with Gasteiger partial charge in [0.25, 0.3) is 5.91 Å². The number of nitrogen functional groups attached to an aromatic ring is 1. The van der Waals surface area contributed by atoms with Crippen molar-refractivity contribution in [3.63, 3.8) is 0 Å². The Bertz CT molecular complexity index is 329. The maximum absolute atomic E-state index is 11.7. The number of carbonyl (C=O) groups excluding carboxylic acids is 1. The standard InChI is InChI=1S/C7H12N6O/c8-7-10-5(11-12-7)6(14)13-3-1-9-2-4-13/h9H,1-4H2,(H3,8,10,11,12). The average Bonchev–Trinajstić information content (AvgIpc) is 2.65. The Balaban J connectivity index is 2.07. The topological polar surface area (TPSA) is 99.9 Å². The number of H-pyrrole nitrogens is 1. The molecule has 7 nitrogen and oxygen atoms in total. The summed E-state index contributed by atoms with van der Waals surface area (Å²) in [5.74, 6) is 0.170. The van der Waals surface area contributed by atoms with Crippen LogP contribution in [-0.4, -0.2) is 52.2 Å². The molecular weight excluding hydrogens is 184 g/mol. The first-order chi connectivity index (χ1) is 6.77. The monoisotopic (exact) mass is 196 g/mol. The SMILES string of the molecule is Nc1n[nH]c(C(=O)N2CCNCC2)n1. The first-order valence-corrected chi connectivity index (χ1v) is 4.45. The number of rotatable bonds is 1. The highest BCUT2D eigenvalue weighted by atomic mass is 16.2. The lowest BCUT2D eigenvalue weighted by atomic mass is 10.3. The second-order valence-electron chi connectivity index (χ2n) is 3.08. The fourth-order valence-corrected chi connectivity index (χ4v) is 1.39. The molecular formula is C7H12N6O. The van der Waals surface area contributed by atoms with Crippen molar-refractivity contribution in [2.45, 2.75) is 0 Å². The smallest absolute Gasteiger partial charge is 0.291 e. The van der Waals surface area contributed by atoms with Crippen LogP contribution < -0.4 is 11.1 Å². The molecule has 1 fully saturated rings. The van der Waals surface area contributed by atoms with E-state index in [-0.39, 0.29) is 17.7 Å². The maximum Gasteiger partial charge on any atom is 0.291 e. The van der Waals surface area contributed by atoms with Gasteiger partial charge in [0.15, 0.2) is 0 Å². The Morgan fingerprint density at radius 3 is 2.71 bits per heavy atom. The zero-order valence-corrected chi connectivity index (χ0v) is 7.66. The van der Waals surface area contributed by atoms with Crippen LogP contribution in [-0.2, 0) is 0 Å². The zero-order valence-electron chi connectivity index (χ0n) is 7.66. The minimum Gasteiger partial charge on any atom is -0.366 e. The number of carbonyl (C=O) groups is 1. The van der Waals surface area contributed by atoms with Crippen LogP contribution in [0.4, 0.5) is 5.95 Å². The van der Waals surface area contributed by atoms with E-state index in [4.69, 9.17) is 5.73 Å². The Kier molecular flexibility index (Phi) is 2.32. The number of aromatic amines is 1. The Labute approximate surface area is 80.7 Å². The quantitative estimate of drug-likeness (QED) is 0.504. The number of nitrogens with one attached hydrogen (secondary N) is 2. The number of amides is 1. The lowest BCUT2D eigenvalue weighted by Crippen LogP contribution is -2.46. The summed E-state index contributed by atoms with van der Waals surface area (Å²) in [5, 5.41) is 9.28. The van der Waals surface area contributed by atoms with Crippen molar-refractivity contribution in [1.82, 2.24) is 25.4 Å². The molecule has 0 saturated carbocycles. The molecule has 7 heteroatoms. The van der Waals surface area contributed by atoms with Crippen molar-refractivity contribution in [3.05, 3.63) is 5.82 Å². The molecule has 0 spiro atoms. The highest BCUT2D eigenvalue weighted by Crippen LogP contribution is 2.01. The van der Waals surface area contributed by atoms with Gasteiger partial charge in [-0.05, 0) is 0 Å². The molecule has 0 aromatic carbocycles. The molecule has 4 N–H and O–H groups in total. The van der Waals surface area contributed by atoms with Gasteiger partial charge in [-0.2, -0.15) is 4.98 Å². The van der Waals surface area contributed by atoms with Gasteiger partial charge in [0, 0.05) is 26.2 Å². The largest absolute Gasteiger partial charge is 0.366 e. The van der Waals surface area contributed by atoms with Crippen LogP contribution in [0.2, 0.25) is 0 Å². The fraction of sp³-hybridized carbons (Fsp3) is 0.571. The molecule has 1 aromatic rings. The van der Waals surface area contributed by atoms with Crippen LogP contribution >= 0.6 is 0 Å². The summed E-state index contributed by atoms with van der Waals surface area (Å²) < 4.78 is 0. The number of anilines is 1. The summed E-state index contributed by atoms with van der Waals surface area (Å²) in [6.07, 6.45) is 0. The van der Waals surface area contributed by atoms with E-state index in [2.05, 4.69) is 20.5 Å². The lowest BCUT2D eigenvalue weighted by molar-refractivity contribution is 0.0724. The highest BCUT2D eigenvalue weighted by Gasteiger charge is 2.20. The van der Waals surface area contributed by atoms with E-state index in [1.54, 1.807) is 4.90 Å². The molecule has 1 saturated heterocycles. The Morgan fingerprint density at radius 1 is 1.43 bits per heavy atom. The summed E-state index contributed by atoms with van der Waals surface area (Å²) in [7, 11) is 0. The van der Waals surface area contributed by atoms with Gasteiger partial charge in [-0.15, -0.1) is 5.10 Å². The van der Waals surface area contributed by atoms with E-state index in [1.165, 1.54) is 0 Å². The van der Waals surface area contributed by atoms with Gasteiger partial charge in [-0.1, -0.05) is 0 Å². The van der Waals surface area contributed by atoms with Crippen molar-refractivity contribution in [1.29, 1.82) is 0 Å². The van der Waals surface area contributed by atoms with E-state index >= 15 is 0 Å². The molecule has 1 amide bonds. The first kappa shape index (κ1) is 8.95. The molecule has 0 bridgehead atoms. The molecule has 0 aliphatic carbocycles. The summed E-state index contributed by atoms with van der Waals surface area (Å²) in [6, 6.07) is 0. The fourth-order valence-electron chi connectivity index (χ4n) is 1.39. The summed E-state index contributed by atoms with van der Waals surface area (Å²) >= 11 is 0. The van der Waals surface area contributed by atoms with Crippen molar-refractivity contribution in [3.8, 4) is 0 Å². The Hall–Kier alpha value is -1.63. The van der Waals surface area contributed by atoms with E-state index < -0.39 is 0 Å². The first-order valence-electron chi connectivity index (χ1n) is 4.45. The molecule has 2 heterocycles. The number of hydrogen-bond donors (Lipinski definition) is 3. The number of nitrogens with two attached hydrogens (primary N) is 1. The van der Waals surface area contributed by atoms with Gasteiger partial charge >= 0.3 is 0 Å². The summed E-state index contributed by atoms with van der Waals surface area (Å²) in [5.41, 5.74) is 5.31. The number of hydrogen-bond acceptors (Lipinski definition) is 5. The van der Waals surface area contributed by atoms with E-state index in [1.807, 2.05) is 0 Å². The van der Waals surface area contributed by atoms with Gasteiger partial charge in [0.1, 0.15) is 0 Å². The third-order valence-electron chi connectivity index (χ3n) is 2.11. The molecule has 14 heavy (non-hydrogen) atoms. The second kappa shape index (κ2) is 3.62. The molecule has 0 unspecified atom stereocenters. The van der Waals surface area contributed by atoms with Crippen molar-refractivity contribution >= 4 is 11.9 Å². The number of nitrogens with zero attached hydrogens (tertiary/aromatic N) is 3. The zero-order chi connectivity index (χ0) is 9.97. The molecule has 2 rings (SSSR count). The van der Waals surface area contributed by atoms with Crippen LogP contribution in [0.25, 0.3) is 0 Å². The van der Waals surface area contributed by atoms with Crippen molar-refractivity contribution < 1.29 is 4.79 Å². The molecule has 1 aliphatic rings. The second-order valence-corrected chi connectivity index (χ2v) is 3.08. The van der Waals surface area contributed by atoms with Crippen LogP contribution in [0.15, 0.2) is 0 Å².